The molecule has 0 radical (unpaired) electrons. The average molecular weight is 206 g/mol. The van der Waals surface area contributed by atoms with Crippen molar-refractivity contribution < 1.29 is 17.9 Å². The van der Waals surface area contributed by atoms with Crippen molar-refractivity contribution in [3.63, 3.8) is 0 Å². The fourth-order valence-corrected chi connectivity index (χ4v) is 1.05. The van der Waals surface area contributed by atoms with Gasteiger partial charge in [-0.2, -0.15) is 0 Å². The SMILES string of the molecule is COc1cnc(CN)c(C(F)F)c1F. The van der Waals surface area contributed by atoms with Gasteiger partial charge < -0.3 is 10.5 Å². The number of alkyl halides is 2. The minimum atomic E-state index is -2.95. The maximum absolute atomic E-state index is 13.3. The van der Waals surface area contributed by atoms with Gasteiger partial charge in [0.2, 0.25) is 0 Å². The second-order valence-corrected chi connectivity index (χ2v) is 2.51. The Hall–Kier alpha value is -1.30. The number of methoxy groups -OCH3 is 1. The summed E-state index contributed by atoms with van der Waals surface area (Å²) in [6, 6.07) is 0. The first kappa shape index (κ1) is 10.8. The molecule has 3 nitrogen and oxygen atoms in total. The molecule has 1 aromatic heterocycles. The van der Waals surface area contributed by atoms with E-state index in [1.165, 1.54) is 7.11 Å². The van der Waals surface area contributed by atoms with Crippen molar-refractivity contribution in [3.8, 4) is 5.75 Å². The topological polar surface area (TPSA) is 48.1 Å². The Kier molecular flexibility index (Phi) is 3.29. The first-order chi connectivity index (χ1) is 6.61. The molecule has 0 aliphatic rings. The summed E-state index contributed by atoms with van der Waals surface area (Å²) in [6.07, 6.45) is -1.92. The lowest BCUT2D eigenvalue weighted by Crippen LogP contribution is -2.08. The first-order valence-corrected chi connectivity index (χ1v) is 3.81. The van der Waals surface area contributed by atoms with Crippen molar-refractivity contribution in [2.24, 2.45) is 5.73 Å². The monoisotopic (exact) mass is 206 g/mol. The largest absolute Gasteiger partial charge is 0.492 e. The van der Waals surface area contributed by atoms with Gasteiger partial charge in [0.25, 0.3) is 6.43 Å². The van der Waals surface area contributed by atoms with Crippen LogP contribution in [0.3, 0.4) is 0 Å². The number of halogens is 3. The Morgan fingerprint density at radius 2 is 2.21 bits per heavy atom. The molecule has 2 N–H and O–H groups in total. The summed E-state index contributed by atoms with van der Waals surface area (Å²) in [5.41, 5.74) is 4.21. The second kappa shape index (κ2) is 4.28. The molecule has 0 bridgehead atoms. The second-order valence-electron chi connectivity index (χ2n) is 2.51. The van der Waals surface area contributed by atoms with Gasteiger partial charge in [-0.3, -0.25) is 4.98 Å². The standard InChI is InChI=1S/C8H9F3N2O/c1-14-5-3-13-4(2-12)6(7(5)9)8(10)11/h3,8H,2,12H2,1H3. The summed E-state index contributed by atoms with van der Waals surface area (Å²) in [4.78, 5) is 3.58. The molecule has 14 heavy (non-hydrogen) atoms. The molecule has 0 saturated heterocycles. The quantitative estimate of drug-likeness (QED) is 0.817. The lowest BCUT2D eigenvalue weighted by molar-refractivity contribution is 0.143. The molecule has 0 aromatic carbocycles. The zero-order valence-electron chi connectivity index (χ0n) is 7.43. The van der Waals surface area contributed by atoms with Gasteiger partial charge in [0.05, 0.1) is 24.6 Å². The van der Waals surface area contributed by atoms with Crippen LogP contribution in [0.15, 0.2) is 6.20 Å². The molecular formula is C8H9F3N2O. The van der Waals surface area contributed by atoms with Gasteiger partial charge in [-0.15, -0.1) is 0 Å². The number of ether oxygens (including phenoxy) is 1. The van der Waals surface area contributed by atoms with Gasteiger partial charge in [0.1, 0.15) is 0 Å². The third kappa shape index (κ3) is 1.79. The van der Waals surface area contributed by atoms with Crippen LogP contribution in [0.2, 0.25) is 0 Å². The number of aromatic nitrogens is 1. The van der Waals surface area contributed by atoms with Gasteiger partial charge >= 0.3 is 0 Å². The Bertz CT molecular complexity index is 331. The van der Waals surface area contributed by atoms with Crippen molar-refractivity contribution in [2.75, 3.05) is 7.11 Å². The number of hydrogen-bond donors (Lipinski definition) is 1. The van der Waals surface area contributed by atoms with E-state index >= 15 is 0 Å². The molecule has 1 rings (SSSR count). The summed E-state index contributed by atoms with van der Waals surface area (Å²) in [5, 5.41) is 0. The van der Waals surface area contributed by atoms with Crippen molar-refractivity contribution in [2.45, 2.75) is 13.0 Å². The molecule has 0 aliphatic carbocycles. The molecule has 0 fully saturated rings. The van der Waals surface area contributed by atoms with Gasteiger partial charge in [-0.25, -0.2) is 13.2 Å². The van der Waals surface area contributed by atoms with Crippen LogP contribution in [0.5, 0.6) is 5.75 Å². The van der Waals surface area contributed by atoms with E-state index in [1.807, 2.05) is 0 Å². The minimum absolute atomic E-state index is 0.154. The number of rotatable bonds is 3. The van der Waals surface area contributed by atoms with Crippen LogP contribution in [0.25, 0.3) is 0 Å². The van der Waals surface area contributed by atoms with Crippen LogP contribution >= 0.6 is 0 Å². The fraction of sp³-hybridized carbons (Fsp3) is 0.375. The number of nitrogens with zero attached hydrogens (tertiary/aromatic N) is 1. The van der Waals surface area contributed by atoms with Crippen LogP contribution in [0, 0.1) is 5.82 Å². The number of hydrogen-bond acceptors (Lipinski definition) is 3. The van der Waals surface area contributed by atoms with E-state index in [0.29, 0.717) is 0 Å². The van der Waals surface area contributed by atoms with E-state index in [9.17, 15) is 13.2 Å². The molecule has 0 unspecified atom stereocenters. The normalized spacial score (nSPS) is 10.7. The highest BCUT2D eigenvalue weighted by Crippen LogP contribution is 2.29. The molecule has 6 heteroatoms. The van der Waals surface area contributed by atoms with E-state index in [0.717, 1.165) is 6.20 Å². The first-order valence-electron chi connectivity index (χ1n) is 3.81. The van der Waals surface area contributed by atoms with Crippen molar-refractivity contribution in [3.05, 3.63) is 23.3 Å². The van der Waals surface area contributed by atoms with E-state index in [1.54, 1.807) is 0 Å². The fourth-order valence-electron chi connectivity index (χ4n) is 1.05. The Morgan fingerprint density at radius 1 is 1.57 bits per heavy atom. The third-order valence-corrected chi connectivity index (χ3v) is 1.73. The lowest BCUT2D eigenvalue weighted by Gasteiger charge is -2.09. The molecule has 0 aliphatic heterocycles. The highest BCUT2D eigenvalue weighted by Gasteiger charge is 2.22. The van der Waals surface area contributed by atoms with Crippen LogP contribution in [-0.4, -0.2) is 12.1 Å². The maximum atomic E-state index is 13.3. The molecule has 1 aromatic rings. The van der Waals surface area contributed by atoms with Crippen LogP contribution in [-0.2, 0) is 6.54 Å². The summed E-state index contributed by atoms with van der Waals surface area (Å²) >= 11 is 0. The number of nitrogens with two attached hydrogens (primary N) is 1. The van der Waals surface area contributed by atoms with E-state index in [2.05, 4.69) is 9.72 Å². The summed E-state index contributed by atoms with van der Waals surface area (Å²) in [5.74, 6) is -1.41. The van der Waals surface area contributed by atoms with Crippen LogP contribution in [0.4, 0.5) is 13.2 Å². The summed E-state index contributed by atoms with van der Waals surface area (Å²) in [7, 11) is 1.18. The van der Waals surface area contributed by atoms with Gasteiger partial charge in [0.15, 0.2) is 11.6 Å². The molecule has 78 valence electrons. The minimum Gasteiger partial charge on any atom is -0.492 e. The maximum Gasteiger partial charge on any atom is 0.268 e. The van der Waals surface area contributed by atoms with Gasteiger partial charge in [-0.05, 0) is 0 Å². The van der Waals surface area contributed by atoms with E-state index in [4.69, 9.17) is 5.73 Å². The van der Waals surface area contributed by atoms with Gasteiger partial charge in [-0.1, -0.05) is 0 Å². The number of pyridine rings is 1. The van der Waals surface area contributed by atoms with Crippen LogP contribution < -0.4 is 10.5 Å². The van der Waals surface area contributed by atoms with Crippen molar-refractivity contribution >= 4 is 0 Å². The highest BCUT2D eigenvalue weighted by atomic mass is 19.3. The summed E-state index contributed by atoms with van der Waals surface area (Å²) in [6.45, 7) is -0.236. The summed E-state index contributed by atoms with van der Waals surface area (Å²) < 4.78 is 42.6. The molecule has 1 heterocycles. The third-order valence-electron chi connectivity index (χ3n) is 1.73. The van der Waals surface area contributed by atoms with Crippen LogP contribution in [0.1, 0.15) is 17.7 Å². The molecule has 0 amide bonds. The van der Waals surface area contributed by atoms with Crippen molar-refractivity contribution in [1.82, 2.24) is 4.98 Å². The Morgan fingerprint density at radius 3 is 2.64 bits per heavy atom. The van der Waals surface area contributed by atoms with Crippen molar-refractivity contribution in [1.29, 1.82) is 0 Å². The Balaban J connectivity index is 3.31. The molecular weight excluding hydrogens is 197 g/mol. The molecule has 0 atom stereocenters. The van der Waals surface area contributed by atoms with E-state index < -0.39 is 17.8 Å². The molecule has 0 spiro atoms. The lowest BCUT2D eigenvalue weighted by atomic mass is 10.2. The predicted octanol–water partition coefficient (Wildman–Crippen LogP) is 1.63. The Labute approximate surface area is 78.7 Å². The van der Waals surface area contributed by atoms with E-state index in [-0.39, 0.29) is 18.0 Å². The predicted molar refractivity (Wildman–Crippen MR) is 43.6 cm³/mol. The molecule has 0 saturated carbocycles. The average Bonchev–Trinajstić information content (AvgIpc) is 2.16. The highest BCUT2D eigenvalue weighted by molar-refractivity contribution is 5.32. The van der Waals surface area contributed by atoms with Gasteiger partial charge in [0, 0.05) is 6.54 Å². The zero-order valence-corrected chi connectivity index (χ0v) is 7.43. The smallest absolute Gasteiger partial charge is 0.268 e. The zero-order chi connectivity index (χ0) is 10.7.